The van der Waals surface area contributed by atoms with E-state index in [2.05, 4.69) is 10.3 Å². The lowest BCUT2D eigenvalue weighted by atomic mass is 10.1. The second kappa shape index (κ2) is 6.30. The zero-order chi connectivity index (χ0) is 15.5. The minimum absolute atomic E-state index is 0.335. The number of hydrogen-bond donors (Lipinski definition) is 1. The van der Waals surface area contributed by atoms with Crippen LogP contribution in [0.1, 0.15) is 30.7 Å². The third-order valence-corrected chi connectivity index (χ3v) is 3.10. The summed E-state index contributed by atoms with van der Waals surface area (Å²) >= 11 is 0. The van der Waals surface area contributed by atoms with Crippen LogP contribution < -0.4 is 5.32 Å². The van der Waals surface area contributed by atoms with Crippen LogP contribution in [-0.2, 0) is 19.3 Å². The van der Waals surface area contributed by atoms with Crippen molar-refractivity contribution < 1.29 is 13.2 Å². The lowest BCUT2D eigenvalue weighted by Gasteiger charge is -2.12. The van der Waals surface area contributed by atoms with E-state index >= 15 is 0 Å². The van der Waals surface area contributed by atoms with Gasteiger partial charge in [0.1, 0.15) is 0 Å². The molecule has 0 unspecified atom stereocenters. The molecule has 0 saturated heterocycles. The van der Waals surface area contributed by atoms with Crippen molar-refractivity contribution in [3.8, 4) is 0 Å². The zero-order valence-electron chi connectivity index (χ0n) is 12.0. The molecule has 0 aliphatic carbocycles. The number of nitrogens with one attached hydrogen (secondary N) is 1. The number of imidazole rings is 1. The summed E-state index contributed by atoms with van der Waals surface area (Å²) in [5.41, 5.74) is 0.928. The van der Waals surface area contributed by atoms with Gasteiger partial charge in [-0.2, -0.15) is 13.2 Å². The minimum Gasteiger partial charge on any atom is -0.329 e. The topological polar surface area (TPSA) is 29.9 Å². The van der Waals surface area contributed by atoms with E-state index in [9.17, 15) is 13.2 Å². The van der Waals surface area contributed by atoms with Crippen LogP contribution >= 0.6 is 0 Å². The van der Waals surface area contributed by atoms with Gasteiger partial charge in [0, 0.05) is 25.3 Å². The molecule has 114 valence electrons. The maximum absolute atomic E-state index is 12.7. The standard InChI is InChI=1S/C15H18F3N3/c1-11(2)20-8-14-7-19-10-21(14)9-12-4-3-5-13(6-12)15(16,17)18/h3-7,10-11,20H,8-9H2,1-2H3. The molecule has 0 aliphatic heterocycles. The Hall–Kier alpha value is -1.82. The Morgan fingerprint density at radius 2 is 2.05 bits per heavy atom. The highest BCUT2D eigenvalue weighted by Crippen LogP contribution is 2.29. The van der Waals surface area contributed by atoms with Gasteiger partial charge >= 0.3 is 6.18 Å². The molecular formula is C15H18F3N3. The van der Waals surface area contributed by atoms with Crippen molar-refractivity contribution in [1.82, 2.24) is 14.9 Å². The molecule has 2 rings (SSSR count). The molecule has 1 N–H and O–H groups in total. The fraction of sp³-hybridized carbons (Fsp3) is 0.400. The number of rotatable bonds is 5. The molecule has 0 radical (unpaired) electrons. The zero-order valence-corrected chi connectivity index (χ0v) is 12.0. The molecule has 21 heavy (non-hydrogen) atoms. The van der Waals surface area contributed by atoms with Crippen LogP contribution in [0.2, 0.25) is 0 Å². The number of hydrogen-bond acceptors (Lipinski definition) is 2. The van der Waals surface area contributed by atoms with Crippen molar-refractivity contribution >= 4 is 0 Å². The van der Waals surface area contributed by atoms with Gasteiger partial charge in [-0.25, -0.2) is 4.98 Å². The average molecular weight is 297 g/mol. The van der Waals surface area contributed by atoms with Gasteiger partial charge in [0.25, 0.3) is 0 Å². The van der Waals surface area contributed by atoms with Crippen molar-refractivity contribution in [2.45, 2.75) is 39.2 Å². The molecule has 0 amide bonds. The summed E-state index contributed by atoms with van der Waals surface area (Å²) in [6, 6.07) is 5.72. The molecule has 6 heteroatoms. The van der Waals surface area contributed by atoms with E-state index in [1.54, 1.807) is 18.6 Å². The third-order valence-electron chi connectivity index (χ3n) is 3.10. The highest BCUT2D eigenvalue weighted by atomic mass is 19.4. The Labute approximate surface area is 121 Å². The number of benzene rings is 1. The predicted molar refractivity (Wildman–Crippen MR) is 74.7 cm³/mol. The van der Waals surface area contributed by atoms with Crippen LogP contribution in [0.25, 0.3) is 0 Å². The SMILES string of the molecule is CC(C)NCc1cncn1Cc1cccc(C(F)(F)F)c1. The van der Waals surface area contributed by atoms with Crippen LogP contribution in [0.3, 0.4) is 0 Å². The molecule has 1 aromatic heterocycles. The predicted octanol–water partition coefficient (Wildman–Crippen LogP) is 3.45. The van der Waals surface area contributed by atoms with Gasteiger partial charge in [0.2, 0.25) is 0 Å². The molecule has 3 nitrogen and oxygen atoms in total. The number of nitrogens with zero attached hydrogens (tertiary/aromatic N) is 2. The third kappa shape index (κ3) is 4.32. The Kier molecular flexibility index (Phi) is 4.67. The minimum atomic E-state index is -4.31. The van der Waals surface area contributed by atoms with Gasteiger partial charge in [-0.05, 0) is 17.7 Å². The van der Waals surface area contributed by atoms with Gasteiger partial charge < -0.3 is 9.88 Å². The summed E-state index contributed by atoms with van der Waals surface area (Å²) in [6.07, 6.45) is -0.951. The first kappa shape index (κ1) is 15.6. The molecule has 2 aromatic rings. The normalized spacial score (nSPS) is 12.1. The van der Waals surface area contributed by atoms with E-state index in [1.165, 1.54) is 12.1 Å². The Morgan fingerprint density at radius 3 is 2.71 bits per heavy atom. The van der Waals surface area contributed by atoms with Crippen LogP contribution in [0.15, 0.2) is 36.8 Å². The van der Waals surface area contributed by atoms with E-state index in [0.717, 1.165) is 11.8 Å². The Balaban J connectivity index is 2.14. The lowest BCUT2D eigenvalue weighted by Crippen LogP contribution is -2.23. The highest BCUT2D eigenvalue weighted by Gasteiger charge is 2.30. The maximum Gasteiger partial charge on any atom is 0.416 e. The van der Waals surface area contributed by atoms with E-state index in [0.29, 0.717) is 24.7 Å². The van der Waals surface area contributed by atoms with E-state index in [-0.39, 0.29) is 0 Å². The first-order valence-electron chi connectivity index (χ1n) is 6.75. The molecule has 1 aromatic carbocycles. The fourth-order valence-electron chi connectivity index (χ4n) is 1.99. The lowest BCUT2D eigenvalue weighted by molar-refractivity contribution is -0.137. The summed E-state index contributed by atoms with van der Waals surface area (Å²) in [5.74, 6) is 0. The summed E-state index contributed by atoms with van der Waals surface area (Å²) in [4.78, 5) is 4.07. The molecule has 0 fully saturated rings. The average Bonchev–Trinajstić information content (AvgIpc) is 2.83. The monoisotopic (exact) mass is 297 g/mol. The largest absolute Gasteiger partial charge is 0.416 e. The maximum atomic E-state index is 12.7. The van der Waals surface area contributed by atoms with Crippen molar-refractivity contribution in [3.63, 3.8) is 0 Å². The van der Waals surface area contributed by atoms with Crippen molar-refractivity contribution in [3.05, 3.63) is 53.6 Å². The summed E-state index contributed by atoms with van der Waals surface area (Å²) in [7, 11) is 0. The number of halogens is 3. The van der Waals surface area contributed by atoms with Crippen LogP contribution in [0, 0.1) is 0 Å². The highest BCUT2D eigenvalue weighted by molar-refractivity contribution is 5.26. The number of alkyl halides is 3. The first-order valence-corrected chi connectivity index (χ1v) is 6.75. The van der Waals surface area contributed by atoms with E-state index in [4.69, 9.17) is 0 Å². The van der Waals surface area contributed by atoms with Gasteiger partial charge in [-0.15, -0.1) is 0 Å². The van der Waals surface area contributed by atoms with Gasteiger partial charge in [-0.3, -0.25) is 0 Å². The van der Waals surface area contributed by atoms with Gasteiger partial charge in [0.05, 0.1) is 17.6 Å². The van der Waals surface area contributed by atoms with Crippen molar-refractivity contribution in [2.24, 2.45) is 0 Å². The second-order valence-electron chi connectivity index (χ2n) is 5.25. The summed E-state index contributed by atoms with van der Waals surface area (Å²) < 4.78 is 40.0. The quantitative estimate of drug-likeness (QED) is 0.916. The molecule has 0 bridgehead atoms. The molecule has 0 atom stereocenters. The smallest absolute Gasteiger partial charge is 0.329 e. The van der Waals surface area contributed by atoms with Gasteiger partial charge in [-0.1, -0.05) is 26.0 Å². The molecule has 0 saturated carbocycles. The van der Waals surface area contributed by atoms with Gasteiger partial charge in [0.15, 0.2) is 0 Å². The van der Waals surface area contributed by atoms with Crippen LogP contribution in [-0.4, -0.2) is 15.6 Å². The molecule has 1 heterocycles. The summed E-state index contributed by atoms with van der Waals surface area (Å²) in [5, 5.41) is 3.27. The molecule has 0 aliphatic rings. The van der Waals surface area contributed by atoms with E-state index in [1.807, 2.05) is 18.4 Å². The van der Waals surface area contributed by atoms with E-state index < -0.39 is 11.7 Å². The fourth-order valence-corrected chi connectivity index (χ4v) is 1.99. The van der Waals surface area contributed by atoms with Crippen LogP contribution in [0.5, 0.6) is 0 Å². The number of aromatic nitrogens is 2. The summed E-state index contributed by atoms with van der Waals surface area (Å²) in [6.45, 7) is 5.08. The molecular weight excluding hydrogens is 279 g/mol. The second-order valence-corrected chi connectivity index (χ2v) is 5.25. The first-order chi connectivity index (χ1) is 9.86. The van der Waals surface area contributed by atoms with Crippen LogP contribution in [0.4, 0.5) is 13.2 Å². The van der Waals surface area contributed by atoms with Crippen molar-refractivity contribution in [2.75, 3.05) is 0 Å². The Morgan fingerprint density at radius 1 is 1.29 bits per heavy atom. The van der Waals surface area contributed by atoms with Crippen molar-refractivity contribution in [1.29, 1.82) is 0 Å². The Bertz CT molecular complexity index is 588. The molecule has 0 spiro atoms.